The number of nitrogens with two attached hydrogens (primary N) is 1. The Labute approximate surface area is 84.5 Å². The highest BCUT2D eigenvalue weighted by atomic mass is 16.1. The second-order valence-electron chi connectivity index (χ2n) is 2.93. The van der Waals surface area contributed by atoms with Crippen LogP contribution in [0.5, 0.6) is 0 Å². The van der Waals surface area contributed by atoms with E-state index in [0.717, 1.165) is 6.42 Å². The number of aliphatic imine (C=N–C) groups is 1. The molecular formula is C9H18N4O. The van der Waals surface area contributed by atoms with E-state index >= 15 is 0 Å². The normalized spacial score (nSPS) is 10.9. The van der Waals surface area contributed by atoms with E-state index in [4.69, 9.17) is 5.73 Å². The number of nitrogens with zero attached hydrogens (tertiary/aromatic N) is 1. The van der Waals surface area contributed by atoms with Crippen molar-refractivity contribution in [1.29, 1.82) is 0 Å². The quantitative estimate of drug-likeness (QED) is 0.243. The Balaban J connectivity index is 3.39. The molecule has 14 heavy (non-hydrogen) atoms. The molecule has 0 fully saturated rings. The Morgan fingerprint density at radius 3 is 2.50 bits per heavy atom. The van der Waals surface area contributed by atoms with Crippen LogP contribution >= 0.6 is 0 Å². The average Bonchev–Trinajstić information content (AvgIpc) is 2.16. The van der Waals surface area contributed by atoms with Gasteiger partial charge in [0, 0.05) is 25.7 Å². The SMILES string of the molecule is C=C(C)C(=O)NCCCNC(N)=NC. The maximum absolute atomic E-state index is 11.0. The molecule has 0 unspecified atom stereocenters. The topological polar surface area (TPSA) is 79.5 Å². The van der Waals surface area contributed by atoms with Crippen LogP contribution in [0, 0.1) is 0 Å². The molecule has 0 aliphatic carbocycles. The summed E-state index contributed by atoms with van der Waals surface area (Å²) in [6.45, 7) is 6.51. The second-order valence-corrected chi connectivity index (χ2v) is 2.93. The standard InChI is InChI=1S/C9H18N4O/c1-7(2)8(14)12-5-4-6-13-9(10)11-3/h1,4-6H2,2-3H3,(H,12,14)(H3,10,11,13). The van der Waals surface area contributed by atoms with Crippen LogP contribution in [0.2, 0.25) is 0 Å². The lowest BCUT2D eigenvalue weighted by Gasteiger charge is -2.06. The van der Waals surface area contributed by atoms with Gasteiger partial charge in [0.25, 0.3) is 0 Å². The fourth-order valence-electron chi connectivity index (χ4n) is 0.737. The number of carbonyl (C=O) groups is 1. The van der Waals surface area contributed by atoms with Gasteiger partial charge in [-0.25, -0.2) is 0 Å². The number of nitrogens with one attached hydrogen (secondary N) is 2. The third-order valence-electron chi connectivity index (χ3n) is 1.57. The van der Waals surface area contributed by atoms with Crippen LogP contribution in [0.25, 0.3) is 0 Å². The van der Waals surface area contributed by atoms with Crippen LogP contribution in [0.4, 0.5) is 0 Å². The first kappa shape index (κ1) is 12.5. The summed E-state index contributed by atoms with van der Waals surface area (Å²) in [6, 6.07) is 0. The van der Waals surface area contributed by atoms with E-state index in [0.29, 0.717) is 24.6 Å². The molecule has 0 saturated heterocycles. The molecule has 0 atom stereocenters. The van der Waals surface area contributed by atoms with Crippen molar-refractivity contribution >= 4 is 11.9 Å². The molecule has 0 aromatic rings. The van der Waals surface area contributed by atoms with Crippen molar-refractivity contribution in [2.24, 2.45) is 10.7 Å². The van der Waals surface area contributed by atoms with Crippen molar-refractivity contribution in [3.8, 4) is 0 Å². The van der Waals surface area contributed by atoms with E-state index in [2.05, 4.69) is 22.2 Å². The van der Waals surface area contributed by atoms with Gasteiger partial charge in [-0.1, -0.05) is 6.58 Å². The second kappa shape index (κ2) is 6.94. The number of hydrogen-bond acceptors (Lipinski definition) is 2. The predicted octanol–water partition coefficient (Wildman–Crippen LogP) is -0.397. The van der Waals surface area contributed by atoms with E-state index < -0.39 is 0 Å². The summed E-state index contributed by atoms with van der Waals surface area (Å²) in [5.74, 6) is 0.304. The summed E-state index contributed by atoms with van der Waals surface area (Å²) in [5.41, 5.74) is 5.92. The van der Waals surface area contributed by atoms with Crippen LogP contribution in [-0.2, 0) is 4.79 Å². The number of amides is 1. The van der Waals surface area contributed by atoms with Crippen LogP contribution in [0.15, 0.2) is 17.1 Å². The van der Waals surface area contributed by atoms with Crippen molar-refractivity contribution in [1.82, 2.24) is 10.6 Å². The lowest BCUT2D eigenvalue weighted by molar-refractivity contribution is -0.117. The van der Waals surface area contributed by atoms with Gasteiger partial charge >= 0.3 is 0 Å². The van der Waals surface area contributed by atoms with Gasteiger partial charge in [-0.05, 0) is 13.3 Å². The van der Waals surface area contributed by atoms with Crippen LogP contribution in [-0.4, -0.2) is 32.0 Å². The van der Waals surface area contributed by atoms with Crippen LogP contribution in [0.1, 0.15) is 13.3 Å². The van der Waals surface area contributed by atoms with E-state index in [1.54, 1.807) is 14.0 Å². The van der Waals surface area contributed by atoms with E-state index in [-0.39, 0.29) is 5.91 Å². The van der Waals surface area contributed by atoms with Gasteiger partial charge in [0.1, 0.15) is 0 Å². The minimum absolute atomic E-state index is 0.109. The monoisotopic (exact) mass is 198 g/mol. The molecule has 0 rings (SSSR count). The Morgan fingerprint density at radius 1 is 1.43 bits per heavy atom. The molecular weight excluding hydrogens is 180 g/mol. The summed E-state index contributed by atoms with van der Waals surface area (Å²) in [5, 5.41) is 5.60. The maximum Gasteiger partial charge on any atom is 0.246 e. The van der Waals surface area contributed by atoms with Crippen molar-refractivity contribution in [2.45, 2.75) is 13.3 Å². The molecule has 0 bridgehead atoms. The number of guanidine groups is 1. The fraction of sp³-hybridized carbons (Fsp3) is 0.556. The molecule has 0 saturated carbocycles. The molecule has 0 aromatic carbocycles. The van der Waals surface area contributed by atoms with Gasteiger partial charge < -0.3 is 16.4 Å². The highest BCUT2D eigenvalue weighted by Gasteiger charge is 1.98. The molecule has 5 nitrogen and oxygen atoms in total. The summed E-state index contributed by atoms with van der Waals surface area (Å²) in [7, 11) is 1.62. The van der Waals surface area contributed by atoms with Gasteiger partial charge in [0.05, 0.1) is 0 Å². The largest absolute Gasteiger partial charge is 0.370 e. The third kappa shape index (κ3) is 6.05. The minimum atomic E-state index is -0.109. The molecule has 0 aliphatic rings. The van der Waals surface area contributed by atoms with Gasteiger partial charge in [-0.2, -0.15) is 0 Å². The molecule has 0 spiro atoms. The zero-order chi connectivity index (χ0) is 11.0. The van der Waals surface area contributed by atoms with Gasteiger partial charge in [0.2, 0.25) is 5.91 Å². The molecule has 0 radical (unpaired) electrons. The predicted molar refractivity (Wildman–Crippen MR) is 58.0 cm³/mol. The highest BCUT2D eigenvalue weighted by molar-refractivity contribution is 5.92. The fourth-order valence-corrected chi connectivity index (χ4v) is 0.737. The van der Waals surface area contributed by atoms with Crippen molar-refractivity contribution < 1.29 is 4.79 Å². The molecule has 0 aliphatic heterocycles. The Hall–Kier alpha value is -1.52. The first-order valence-corrected chi connectivity index (χ1v) is 4.47. The zero-order valence-corrected chi connectivity index (χ0v) is 8.76. The third-order valence-corrected chi connectivity index (χ3v) is 1.57. The molecule has 0 heterocycles. The summed E-state index contributed by atoms with van der Waals surface area (Å²) >= 11 is 0. The van der Waals surface area contributed by atoms with Gasteiger partial charge in [-0.15, -0.1) is 0 Å². The Kier molecular flexibility index (Phi) is 6.19. The molecule has 80 valence electrons. The lowest BCUT2D eigenvalue weighted by Crippen LogP contribution is -2.34. The van der Waals surface area contributed by atoms with Crippen molar-refractivity contribution in [2.75, 3.05) is 20.1 Å². The molecule has 0 aromatic heterocycles. The average molecular weight is 198 g/mol. The number of rotatable bonds is 5. The number of hydrogen-bond donors (Lipinski definition) is 3. The van der Waals surface area contributed by atoms with E-state index in [1.165, 1.54) is 0 Å². The lowest BCUT2D eigenvalue weighted by atomic mass is 10.3. The van der Waals surface area contributed by atoms with E-state index in [9.17, 15) is 4.79 Å². The van der Waals surface area contributed by atoms with Gasteiger partial charge in [-0.3, -0.25) is 9.79 Å². The summed E-state index contributed by atoms with van der Waals surface area (Å²) < 4.78 is 0. The zero-order valence-electron chi connectivity index (χ0n) is 8.76. The molecule has 1 amide bonds. The Bertz CT molecular complexity index is 235. The number of carbonyl (C=O) groups excluding carboxylic acids is 1. The maximum atomic E-state index is 11.0. The molecule has 5 heteroatoms. The first-order valence-electron chi connectivity index (χ1n) is 4.47. The van der Waals surface area contributed by atoms with Crippen molar-refractivity contribution in [3.05, 3.63) is 12.2 Å². The summed E-state index contributed by atoms with van der Waals surface area (Å²) in [4.78, 5) is 14.7. The van der Waals surface area contributed by atoms with Gasteiger partial charge in [0.15, 0.2) is 5.96 Å². The highest BCUT2D eigenvalue weighted by Crippen LogP contribution is 1.85. The van der Waals surface area contributed by atoms with Crippen LogP contribution in [0.3, 0.4) is 0 Å². The summed E-state index contributed by atoms with van der Waals surface area (Å²) in [6.07, 6.45) is 0.801. The first-order chi connectivity index (χ1) is 6.57. The van der Waals surface area contributed by atoms with E-state index in [1.807, 2.05) is 0 Å². The smallest absolute Gasteiger partial charge is 0.246 e. The van der Waals surface area contributed by atoms with Crippen LogP contribution < -0.4 is 16.4 Å². The minimum Gasteiger partial charge on any atom is -0.370 e. The Morgan fingerprint density at radius 2 is 2.00 bits per heavy atom. The van der Waals surface area contributed by atoms with Crippen molar-refractivity contribution in [3.63, 3.8) is 0 Å². The molecule has 4 N–H and O–H groups in total.